The van der Waals surface area contributed by atoms with E-state index in [0.29, 0.717) is 19.3 Å². The number of allylic oxidation sites excluding steroid dienone is 2. The molecule has 0 amide bonds. The summed E-state index contributed by atoms with van der Waals surface area (Å²) in [7, 11) is 0. The highest BCUT2D eigenvalue weighted by atomic mass is 19.4. The Morgan fingerprint density at radius 1 is 0.806 bits per heavy atom. The van der Waals surface area contributed by atoms with Crippen LogP contribution in [0, 0.1) is 0 Å². The third-order valence-corrected chi connectivity index (χ3v) is 5.03. The molecule has 1 aromatic carbocycles. The van der Waals surface area contributed by atoms with Gasteiger partial charge in [-0.3, -0.25) is 0 Å². The number of aliphatic hydroxyl groups is 1. The fourth-order valence-corrected chi connectivity index (χ4v) is 2.92. The quantitative estimate of drug-likeness (QED) is 0.122. The first-order valence-electron chi connectivity index (χ1n) is 10.5. The molecule has 0 aliphatic carbocycles. The lowest BCUT2D eigenvalue weighted by molar-refractivity contribution is -0.419. The van der Waals surface area contributed by atoms with Gasteiger partial charge in [0.05, 0.1) is 6.61 Å². The smallest absolute Gasteiger partial charge is 0.391 e. The summed E-state index contributed by atoms with van der Waals surface area (Å²) in [5.74, 6) is -33.0. The standard InChI is InChI=1S/C23H22F12O/c1-2-3-4-6-9-15(12-17(14-36)16-10-7-5-8-11-16)13-18(24)19(25,26)20(27,28)21(29,30)22(31,32)23(33,34)35/h5,7-8,10-11,13,36H,2-4,6,9,14H2,1H3/b18-13-. The summed E-state index contributed by atoms with van der Waals surface area (Å²) in [4.78, 5) is 0. The van der Waals surface area contributed by atoms with Crippen LogP contribution in [0.15, 0.2) is 53.5 Å². The van der Waals surface area contributed by atoms with Gasteiger partial charge in [0.15, 0.2) is 5.83 Å². The maximum absolute atomic E-state index is 14.3. The van der Waals surface area contributed by atoms with Crippen LogP contribution in [0.4, 0.5) is 52.7 Å². The topological polar surface area (TPSA) is 20.2 Å². The molecule has 0 atom stereocenters. The van der Waals surface area contributed by atoms with Crippen molar-refractivity contribution in [2.75, 3.05) is 6.61 Å². The van der Waals surface area contributed by atoms with Gasteiger partial charge in [-0.25, -0.2) is 4.39 Å². The van der Waals surface area contributed by atoms with Crippen LogP contribution in [0.1, 0.15) is 44.6 Å². The highest BCUT2D eigenvalue weighted by molar-refractivity contribution is 5.66. The van der Waals surface area contributed by atoms with Crippen molar-refractivity contribution in [1.29, 1.82) is 0 Å². The van der Waals surface area contributed by atoms with E-state index in [1.807, 2.05) is 0 Å². The maximum Gasteiger partial charge on any atom is 0.460 e. The molecule has 0 unspecified atom stereocenters. The molecular formula is C23H22F12O. The highest BCUT2D eigenvalue weighted by Crippen LogP contribution is 2.58. The summed E-state index contributed by atoms with van der Waals surface area (Å²) < 4.78 is 160. The third kappa shape index (κ3) is 6.47. The zero-order valence-electron chi connectivity index (χ0n) is 18.7. The molecule has 13 heteroatoms. The summed E-state index contributed by atoms with van der Waals surface area (Å²) in [5.41, 5.74) is 1.78. The molecule has 0 aliphatic rings. The molecule has 36 heavy (non-hydrogen) atoms. The Morgan fingerprint density at radius 3 is 1.83 bits per heavy atom. The van der Waals surface area contributed by atoms with Crippen LogP contribution in [0.5, 0.6) is 0 Å². The summed E-state index contributed by atoms with van der Waals surface area (Å²) >= 11 is 0. The number of aliphatic hydroxyl groups excluding tert-OH is 1. The van der Waals surface area contributed by atoms with Crippen molar-refractivity contribution in [2.45, 2.75) is 68.9 Å². The maximum atomic E-state index is 14.3. The van der Waals surface area contributed by atoms with Gasteiger partial charge in [0, 0.05) is 5.57 Å². The lowest BCUT2D eigenvalue weighted by Crippen LogP contribution is -2.66. The fourth-order valence-electron chi connectivity index (χ4n) is 2.92. The lowest BCUT2D eigenvalue weighted by atomic mass is 9.95. The predicted octanol–water partition coefficient (Wildman–Crippen LogP) is 8.51. The van der Waals surface area contributed by atoms with Crippen LogP contribution in [0.2, 0.25) is 0 Å². The molecule has 0 saturated heterocycles. The molecule has 0 aliphatic heterocycles. The Kier molecular flexibility index (Phi) is 10.3. The zero-order chi connectivity index (χ0) is 28.0. The molecule has 1 nitrogen and oxygen atoms in total. The molecule has 0 spiro atoms. The van der Waals surface area contributed by atoms with E-state index < -0.39 is 47.9 Å². The van der Waals surface area contributed by atoms with Gasteiger partial charge in [-0.1, -0.05) is 56.5 Å². The van der Waals surface area contributed by atoms with E-state index in [9.17, 15) is 57.8 Å². The second-order valence-electron chi connectivity index (χ2n) is 7.75. The average molecular weight is 542 g/mol. The van der Waals surface area contributed by atoms with Crippen LogP contribution in [0.25, 0.3) is 5.57 Å². The molecule has 1 rings (SSSR count). The Labute approximate surface area is 198 Å². The van der Waals surface area contributed by atoms with Gasteiger partial charge in [-0.2, -0.15) is 48.3 Å². The second-order valence-corrected chi connectivity index (χ2v) is 7.75. The summed E-state index contributed by atoms with van der Waals surface area (Å²) in [6, 6.07) is 7.36. The summed E-state index contributed by atoms with van der Waals surface area (Å²) in [6.07, 6.45) is -6.19. The first kappa shape index (κ1) is 31.6. The van der Waals surface area contributed by atoms with Crippen molar-refractivity contribution < 1.29 is 57.8 Å². The lowest BCUT2D eigenvalue weighted by Gasteiger charge is -2.36. The minimum atomic E-state index is -7.71. The second kappa shape index (κ2) is 11.8. The van der Waals surface area contributed by atoms with Gasteiger partial charge >= 0.3 is 29.9 Å². The van der Waals surface area contributed by atoms with Crippen LogP contribution in [0.3, 0.4) is 0 Å². The van der Waals surface area contributed by atoms with Crippen molar-refractivity contribution >= 4 is 5.57 Å². The number of hydrogen-bond acceptors (Lipinski definition) is 1. The van der Waals surface area contributed by atoms with Crippen molar-refractivity contribution in [2.24, 2.45) is 0 Å². The molecule has 1 N–H and O–H groups in total. The number of unbranched alkanes of at least 4 members (excludes halogenated alkanes) is 3. The van der Waals surface area contributed by atoms with E-state index in [-0.39, 0.29) is 30.1 Å². The summed E-state index contributed by atoms with van der Waals surface area (Å²) in [5, 5.41) is 9.55. The van der Waals surface area contributed by atoms with Crippen LogP contribution in [-0.2, 0) is 0 Å². The molecule has 0 fully saturated rings. The third-order valence-electron chi connectivity index (χ3n) is 5.03. The van der Waals surface area contributed by atoms with Crippen molar-refractivity contribution in [1.82, 2.24) is 0 Å². The molecular weight excluding hydrogens is 520 g/mol. The molecule has 1 aromatic rings. The van der Waals surface area contributed by atoms with E-state index in [0.717, 1.165) is 0 Å². The van der Waals surface area contributed by atoms with Gasteiger partial charge in [0.2, 0.25) is 0 Å². The fraction of sp³-hybridized carbons (Fsp3) is 0.522. The normalized spacial score (nSPS) is 14.0. The minimum absolute atomic E-state index is 0.137. The van der Waals surface area contributed by atoms with Gasteiger partial charge < -0.3 is 5.11 Å². The Morgan fingerprint density at radius 2 is 1.36 bits per heavy atom. The highest BCUT2D eigenvalue weighted by Gasteiger charge is 2.87. The molecule has 0 saturated carbocycles. The monoisotopic (exact) mass is 542 g/mol. The molecule has 0 bridgehead atoms. The largest absolute Gasteiger partial charge is 0.460 e. The minimum Gasteiger partial charge on any atom is -0.391 e. The molecule has 0 aromatic heterocycles. The van der Waals surface area contributed by atoms with E-state index in [1.165, 1.54) is 24.3 Å². The van der Waals surface area contributed by atoms with E-state index >= 15 is 0 Å². The van der Waals surface area contributed by atoms with Crippen molar-refractivity contribution in [3.8, 4) is 0 Å². The molecule has 0 heterocycles. The van der Waals surface area contributed by atoms with Crippen LogP contribution >= 0.6 is 0 Å². The van der Waals surface area contributed by atoms with Gasteiger partial charge in [0.1, 0.15) is 0 Å². The number of benzene rings is 1. The molecule has 0 radical (unpaired) electrons. The number of halogens is 12. The van der Waals surface area contributed by atoms with E-state index in [2.05, 4.69) is 5.73 Å². The SMILES string of the molecule is CCCCCCC(=C=C(CO)c1ccccc1)/C=C(\F)C(F)(F)C(F)(F)C(F)(F)C(F)(F)C(F)(F)F. The Bertz CT molecular complexity index is 955. The van der Waals surface area contributed by atoms with E-state index in [4.69, 9.17) is 0 Å². The van der Waals surface area contributed by atoms with Gasteiger partial charge in [0.25, 0.3) is 0 Å². The Hall–Kier alpha value is -2.40. The number of rotatable bonds is 12. The zero-order valence-corrected chi connectivity index (χ0v) is 18.7. The van der Waals surface area contributed by atoms with Gasteiger partial charge in [-0.05, 0) is 30.1 Å². The van der Waals surface area contributed by atoms with Crippen LogP contribution < -0.4 is 0 Å². The van der Waals surface area contributed by atoms with Crippen molar-refractivity contribution in [3.05, 3.63) is 59.1 Å². The van der Waals surface area contributed by atoms with Crippen LogP contribution in [-0.4, -0.2) is 41.6 Å². The first-order chi connectivity index (χ1) is 16.4. The van der Waals surface area contributed by atoms with Gasteiger partial charge in [-0.15, -0.1) is 5.73 Å². The predicted molar refractivity (Wildman–Crippen MR) is 108 cm³/mol. The first-order valence-corrected chi connectivity index (χ1v) is 10.5. The van der Waals surface area contributed by atoms with E-state index in [1.54, 1.807) is 13.0 Å². The summed E-state index contributed by atoms with van der Waals surface area (Å²) in [6.45, 7) is 0.995. The number of hydrogen-bond donors (Lipinski definition) is 1. The molecule has 204 valence electrons. The van der Waals surface area contributed by atoms with Crippen molar-refractivity contribution in [3.63, 3.8) is 0 Å². The Balaban J connectivity index is 3.64. The number of alkyl halides is 11. The average Bonchev–Trinajstić information content (AvgIpc) is 2.79.